The maximum Gasteiger partial charge on any atom is 0.417 e. The average molecular weight is 198 g/mol. The minimum absolute atomic E-state index is 0.0732. The van der Waals surface area contributed by atoms with E-state index >= 15 is 0 Å². The Morgan fingerprint density at radius 2 is 1.85 bits per heavy atom. The quantitative estimate of drug-likeness (QED) is 0.626. The smallest absolute Gasteiger partial charge is 0.380 e. The summed E-state index contributed by atoms with van der Waals surface area (Å²) >= 11 is 0. The van der Waals surface area contributed by atoms with Gasteiger partial charge in [0.15, 0.2) is 5.60 Å². The van der Waals surface area contributed by atoms with E-state index in [-0.39, 0.29) is 6.04 Å². The standard InChI is InChI=1S/C8H14F3NO/c1-6(2)12-5-4-7(3,13)8(9,10)11/h5-6,13H,4H2,1-3H3/p+1/t7-/m1/s1. The van der Waals surface area contributed by atoms with Crippen LogP contribution in [-0.2, 0) is 0 Å². The Kier molecular flexibility index (Phi) is 3.90. The molecule has 0 aromatic rings. The molecule has 1 atom stereocenters. The first-order valence-electron chi connectivity index (χ1n) is 4.03. The maximum atomic E-state index is 12.1. The van der Waals surface area contributed by atoms with Gasteiger partial charge in [-0.3, -0.25) is 0 Å². The van der Waals surface area contributed by atoms with E-state index in [1.165, 1.54) is 6.21 Å². The van der Waals surface area contributed by atoms with Gasteiger partial charge in [-0.1, -0.05) is 0 Å². The molecule has 0 fully saturated rings. The minimum Gasteiger partial charge on any atom is -0.380 e. The highest BCUT2D eigenvalue weighted by molar-refractivity contribution is 5.52. The van der Waals surface area contributed by atoms with E-state index in [0.717, 1.165) is 6.92 Å². The van der Waals surface area contributed by atoms with E-state index in [2.05, 4.69) is 4.99 Å². The molecule has 0 rings (SSSR count). The van der Waals surface area contributed by atoms with Gasteiger partial charge in [-0.2, -0.15) is 13.2 Å². The molecule has 0 aliphatic heterocycles. The summed E-state index contributed by atoms with van der Waals surface area (Å²) in [6, 6.07) is 0.0732. The van der Waals surface area contributed by atoms with Crippen LogP contribution in [0.2, 0.25) is 0 Å². The van der Waals surface area contributed by atoms with Crippen LogP contribution in [0.5, 0.6) is 0 Å². The van der Waals surface area contributed by atoms with Crippen LogP contribution >= 0.6 is 0 Å². The van der Waals surface area contributed by atoms with Gasteiger partial charge in [0.25, 0.3) is 0 Å². The van der Waals surface area contributed by atoms with Crippen molar-refractivity contribution in [2.24, 2.45) is 0 Å². The van der Waals surface area contributed by atoms with Crippen LogP contribution in [0.1, 0.15) is 27.2 Å². The summed E-state index contributed by atoms with van der Waals surface area (Å²) < 4.78 is 36.2. The Balaban J connectivity index is 4.20. The topological polar surface area (TPSA) is 34.2 Å². The average Bonchev–Trinajstić information content (AvgIpc) is 1.82. The van der Waals surface area contributed by atoms with Crippen molar-refractivity contribution in [2.45, 2.75) is 45.0 Å². The molecule has 0 spiro atoms. The first-order chi connectivity index (χ1) is 5.67. The molecule has 0 aromatic carbocycles. The molecule has 2 N–H and O–H groups in total. The molecular weight excluding hydrogens is 183 g/mol. The molecule has 0 amide bonds. The van der Waals surface area contributed by atoms with Crippen molar-refractivity contribution in [3.63, 3.8) is 0 Å². The Morgan fingerprint density at radius 1 is 1.38 bits per heavy atom. The molecular formula is C8H15F3NO+. The molecule has 0 aliphatic carbocycles. The van der Waals surface area contributed by atoms with Gasteiger partial charge < -0.3 is 5.11 Å². The van der Waals surface area contributed by atoms with E-state index in [1.807, 2.05) is 0 Å². The molecule has 0 saturated heterocycles. The number of hydrogen-bond acceptors (Lipinski definition) is 1. The van der Waals surface area contributed by atoms with Crippen molar-refractivity contribution < 1.29 is 23.3 Å². The molecule has 5 heteroatoms. The molecule has 0 unspecified atom stereocenters. The largest absolute Gasteiger partial charge is 0.417 e. The first kappa shape index (κ1) is 12.4. The maximum absolute atomic E-state index is 12.1. The van der Waals surface area contributed by atoms with Crippen molar-refractivity contribution in [3.05, 3.63) is 0 Å². The molecule has 0 radical (unpaired) electrons. The van der Waals surface area contributed by atoms with Crippen molar-refractivity contribution in [3.8, 4) is 0 Å². The molecule has 2 nitrogen and oxygen atoms in total. The molecule has 0 aromatic heterocycles. The van der Waals surface area contributed by atoms with Gasteiger partial charge in [0.2, 0.25) is 0 Å². The highest BCUT2D eigenvalue weighted by atomic mass is 19.4. The number of nitrogens with one attached hydrogen (secondary N) is 1. The Hall–Kier alpha value is -0.580. The molecule has 0 aliphatic rings. The van der Waals surface area contributed by atoms with E-state index in [9.17, 15) is 13.2 Å². The van der Waals surface area contributed by atoms with E-state index in [0.29, 0.717) is 0 Å². The van der Waals surface area contributed by atoms with Gasteiger partial charge in [-0.25, -0.2) is 4.99 Å². The summed E-state index contributed by atoms with van der Waals surface area (Å²) in [4.78, 5) is 2.69. The number of halogens is 3. The Morgan fingerprint density at radius 3 is 2.15 bits per heavy atom. The van der Waals surface area contributed by atoms with Crippen LogP contribution in [0.3, 0.4) is 0 Å². The highest BCUT2D eigenvalue weighted by Gasteiger charge is 2.49. The fourth-order valence-corrected chi connectivity index (χ4v) is 0.609. The van der Waals surface area contributed by atoms with Crippen molar-refractivity contribution >= 4 is 6.21 Å². The normalized spacial score (nSPS) is 18.2. The van der Waals surface area contributed by atoms with Crippen molar-refractivity contribution in [1.82, 2.24) is 0 Å². The Bertz CT molecular complexity index is 184. The summed E-state index contributed by atoms with van der Waals surface area (Å²) in [6.45, 7) is 4.36. The monoisotopic (exact) mass is 198 g/mol. The third-order valence-electron chi connectivity index (χ3n) is 1.56. The van der Waals surface area contributed by atoms with Gasteiger partial charge in [0.1, 0.15) is 12.3 Å². The second-order valence-corrected chi connectivity index (χ2v) is 3.50. The summed E-state index contributed by atoms with van der Waals surface area (Å²) in [5, 5.41) is 8.97. The van der Waals surface area contributed by atoms with Gasteiger partial charge in [0.05, 0.1) is 6.42 Å². The minimum atomic E-state index is -4.58. The van der Waals surface area contributed by atoms with Crippen molar-refractivity contribution in [2.75, 3.05) is 0 Å². The number of hydrogen-bond donors (Lipinski definition) is 2. The van der Waals surface area contributed by atoms with E-state index in [4.69, 9.17) is 5.11 Å². The SMILES string of the molecule is CC(C)[NH+]=CC[C@@](C)(O)C(F)(F)F. The first-order valence-corrected chi connectivity index (χ1v) is 4.03. The van der Waals surface area contributed by atoms with Gasteiger partial charge in [-0.15, -0.1) is 0 Å². The summed E-state index contributed by atoms with van der Waals surface area (Å²) in [5.74, 6) is 0. The van der Waals surface area contributed by atoms with Crippen LogP contribution in [0.4, 0.5) is 13.2 Å². The van der Waals surface area contributed by atoms with E-state index < -0.39 is 18.2 Å². The lowest BCUT2D eigenvalue weighted by Gasteiger charge is -2.23. The molecule has 0 saturated carbocycles. The van der Waals surface area contributed by atoms with Gasteiger partial charge in [0, 0.05) is 0 Å². The second-order valence-electron chi connectivity index (χ2n) is 3.50. The van der Waals surface area contributed by atoms with Crippen molar-refractivity contribution in [1.29, 1.82) is 0 Å². The lowest BCUT2D eigenvalue weighted by molar-refractivity contribution is -0.490. The number of rotatable bonds is 3. The summed E-state index contributed by atoms with van der Waals surface area (Å²) in [6.07, 6.45) is -3.80. The third kappa shape index (κ3) is 4.26. The van der Waals surface area contributed by atoms with Crippen LogP contribution in [-0.4, -0.2) is 29.1 Å². The summed E-state index contributed by atoms with van der Waals surface area (Å²) in [5.41, 5.74) is -2.64. The van der Waals surface area contributed by atoms with Crippen LogP contribution in [0, 0.1) is 0 Å². The van der Waals surface area contributed by atoms with Crippen LogP contribution in [0.25, 0.3) is 0 Å². The van der Waals surface area contributed by atoms with Crippen LogP contribution < -0.4 is 4.99 Å². The summed E-state index contributed by atoms with van der Waals surface area (Å²) in [7, 11) is 0. The predicted molar refractivity (Wildman–Crippen MR) is 43.5 cm³/mol. The second kappa shape index (κ2) is 4.09. The number of alkyl halides is 3. The van der Waals surface area contributed by atoms with Gasteiger partial charge in [-0.05, 0) is 20.8 Å². The lowest BCUT2D eigenvalue weighted by Crippen LogP contribution is -2.74. The van der Waals surface area contributed by atoms with Gasteiger partial charge >= 0.3 is 6.18 Å². The highest BCUT2D eigenvalue weighted by Crippen LogP contribution is 2.31. The zero-order valence-corrected chi connectivity index (χ0v) is 7.94. The van der Waals surface area contributed by atoms with E-state index in [1.54, 1.807) is 13.8 Å². The Labute approximate surface area is 75.5 Å². The fourth-order valence-electron chi connectivity index (χ4n) is 0.609. The zero-order valence-electron chi connectivity index (χ0n) is 7.94. The molecule has 13 heavy (non-hydrogen) atoms. The molecule has 0 heterocycles. The third-order valence-corrected chi connectivity index (χ3v) is 1.56. The molecule has 0 bridgehead atoms. The molecule has 78 valence electrons. The lowest BCUT2D eigenvalue weighted by atomic mass is 10.0. The predicted octanol–water partition coefficient (Wildman–Crippen LogP) is 0.250. The zero-order chi connectivity index (χ0) is 10.7. The fraction of sp³-hybridized carbons (Fsp3) is 0.875. The number of aliphatic hydroxyl groups is 1. The van der Waals surface area contributed by atoms with Crippen LogP contribution in [0.15, 0.2) is 0 Å².